The van der Waals surface area contributed by atoms with Gasteiger partial charge < -0.3 is 15.2 Å². The van der Waals surface area contributed by atoms with Gasteiger partial charge in [0.2, 0.25) is 11.8 Å². The zero-order chi connectivity index (χ0) is 23.1. The van der Waals surface area contributed by atoms with Gasteiger partial charge in [-0.05, 0) is 43.3 Å². The van der Waals surface area contributed by atoms with Crippen molar-refractivity contribution in [3.63, 3.8) is 0 Å². The molecule has 3 aromatic rings. The Hall–Kier alpha value is -3.80. The third kappa shape index (κ3) is 6.11. The van der Waals surface area contributed by atoms with E-state index in [2.05, 4.69) is 20.8 Å². The minimum atomic E-state index is -0.517. The number of aromatic nitrogens is 3. The molecule has 0 saturated carbocycles. The Bertz CT molecular complexity index is 1120. The van der Waals surface area contributed by atoms with Crippen LogP contribution >= 0.6 is 11.8 Å². The summed E-state index contributed by atoms with van der Waals surface area (Å²) in [5.41, 5.74) is 0.845. The number of carbonyl (C=O) groups excluding carboxylic acids is 2. The maximum absolute atomic E-state index is 13.0. The zero-order valence-electron chi connectivity index (χ0n) is 16.9. The monoisotopic (exact) mass is 458 g/mol. The third-order valence-electron chi connectivity index (χ3n) is 4.25. The molecule has 2 N–H and O–H groups in total. The van der Waals surface area contributed by atoms with E-state index in [9.17, 15) is 24.1 Å². The lowest BCUT2D eigenvalue weighted by atomic mass is 10.3. The first-order chi connectivity index (χ1) is 15.4. The van der Waals surface area contributed by atoms with Gasteiger partial charge in [0.15, 0.2) is 5.16 Å². The number of amides is 2. The van der Waals surface area contributed by atoms with E-state index in [0.29, 0.717) is 28.9 Å². The van der Waals surface area contributed by atoms with Crippen LogP contribution in [-0.4, -0.2) is 37.3 Å². The number of nitro groups is 1. The molecule has 32 heavy (non-hydrogen) atoms. The van der Waals surface area contributed by atoms with Crippen LogP contribution in [0.2, 0.25) is 0 Å². The fourth-order valence-electron chi connectivity index (χ4n) is 2.75. The summed E-state index contributed by atoms with van der Waals surface area (Å²) in [6.45, 7) is 2.37. The van der Waals surface area contributed by atoms with Gasteiger partial charge in [-0.2, -0.15) is 0 Å². The standard InChI is InChI=1S/C20H19FN6O4S/c1-2-26-17(11-18(28)22-14-5-3-13(21)4-6-14)24-25-20(26)32-12-19(29)23-15-7-9-16(10-8-15)27(30)31/h3-10H,2,11-12H2,1H3,(H,22,28)(H,23,29). The van der Waals surface area contributed by atoms with E-state index in [4.69, 9.17) is 0 Å². The van der Waals surface area contributed by atoms with Crippen LogP contribution in [0.25, 0.3) is 0 Å². The number of thioether (sulfide) groups is 1. The number of hydrogen-bond donors (Lipinski definition) is 2. The van der Waals surface area contributed by atoms with Gasteiger partial charge in [0.1, 0.15) is 11.6 Å². The molecule has 2 aromatic carbocycles. The molecule has 2 amide bonds. The molecule has 166 valence electrons. The van der Waals surface area contributed by atoms with Gasteiger partial charge >= 0.3 is 0 Å². The molecule has 0 saturated heterocycles. The molecular formula is C20H19FN6O4S. The first-order valence-corrected chi connectivity index (χ1v) is 10.5. The number of nitro benzene ring substituents is 1. The van der Waals surface area contributed by atoms with Crippen molar-refractivity contribution in [1.82, 2.24) is 14.8 Å². The van der Waals surface area contributed by atoms with Crippen LogP contribution in [0.3, 0.4) is 0 Å². The summed E-state index contributed by atoms with van der Waals surface area (Å²) >= 11 is 1.16. The smallest absolute Gasteiger partial charge is 0.269 e. The van der Waals surface area contributed by atoms with Gasteiger partial charge in [0.05, 0.1) is 17.1 Å². The predicted octanol–water partition coefficient (Wildman–Crippen LogP) is 3.26. The average Bonchev–Trinajstić information content (AvgIpc) is 3.15. The molecule has 0 atom stereocenters. The Morgan fingerprint density at radius 1 is 1.03 bits per heavy atom. The van der Waals surface area contributed by atoms with Gasteiger partial charge in [0.25, 0.3) is 5.69 Å². The fourth-order valence-corrected chi connectivity index (χ4v) is 3.57. The average molecular weight is 458 g/mol. The van der Waals surface area contributed by atoms with Gasteiger partial charge in [-0.1, -0.05) is 11.8 Å². The highest BCUT2D eigenvalue weighted by Gasteiger charge is 2.16. The van der Waals surface area contributed by atoms with Crippen molar-refractivity contribution >= 4 is 40.6 Å². The van der Waals surface area contributed by atoms with Crippen LogP contribution in [0.1, 0.15) is 12.7 Å². The second-order valence-electron chi connectivity index (χ2n) is 6.52. The number of nitrogens with zero attached hydrogens (tertiary/aromatic N) is 4. The summed E-state index contributed by atoms with van der Waals surface area (Å²) in [7, 11) is 0. The molecule has 1 aromatic heterocycles. The van der Waals surface area contributed by atoms with E-state index >= 15 is 0 Å². The summed E-state index contributed by atoms with van der Waals surface area (Å²) < 4.78 is 14.7. The maximum Gasteiger partial charge on any atom is 0.269 e. The molecule has 0 fully saturated rings. The van der Waals surface area contributed by atoms with Crippen molar-refractivity contribution in [2.24, 2.45) is 0 Å². The molecule has 0 radical (unpaired) electrons. The van der Waals surface area contributed by atoms with Crippen molar-refractivity contribution in [3.05, 3.63) is 70.3 Å². The van der Waals surface area contributed by atoms with Crippen molar-refractivity contribution < 1.29 is 18.9 Å². The summed E-state index contributed by atoms with van der Waals surface area (Å²) in [6.07, 6.45) is -0.0340. The molecule has 0 spiro atoms. The highest BCUT2D eigenvalue weighted by Crippen LogP contribution is 2.19. The zero-order valence-corrected chi connectivity index (χ0v) is 17.8. The van der Waals surface area contributed by atoms with Crippen LogP contribution in [0.4, 0.5) is 21.5 Å². The molecule has 0 aliphatic carbocycles. The minimum absolute atomic E-state index is 0.0340. The highest BCUT2D eigenvalue weighted by molar-refractivity contribution is 7.99. The number of non-ortho nitro benzene ring substituents is 1. The van der Waals surface area contributed by atoms with E-state index in [1.54, 1.807) is 4.57 Å². The van der Waals surface area contributed by atoms with Crippen LogP contribution in [-0.2, 0) is 22.6 Å². The fraction of sp³-hybridized carbons (Fsp3) is 0.200. The molecule has 0 bridgehead atoms. The highest BCUT2D eigenvalue weighted by atomic mass is 32.2. The van der Waals surface area contributed by atoms with Crippen LogP contribution in [0.15, 0.2) is 53.7 Å². The summed E-state index contributed by atoms with van der Waals surface area (Å²) in [4.78, 5) is 34.7. The summed E-state index contributed by atoms with van der Waals surface area (Å²) in [5.74, 6) is -0.564. The van der Waals surface area contributed by atoms with Crippen molar-refractivity contribution in [2.75, 3.05) is 16.4 Å². The SMILES string of the molecule is CCn1c(CC(=O)Nc2ccc(F)cc2)nnc1SCC(=O)Nc1ccc([N+](=O)[O-])cc1. The van der Waals surface area contributed by atoms with E-state index in [0.717, 1.165) is 11.8 Å². The van der Waals surface area contributed by atoms with Crippen LogP contribution < -0.4 is 10.6 Å². The Kier molecular flexibility index (Phi) is 7.49. The van der Waals surface area contributed by atoms with Crippen molar-refractivity contribution in [3.8, 4) is 0 Å². The third-order valence-corrected chi connectivity index (χ3v) is 5.22. The van der Waals surface area contributed by atoms with Gasteiger partial charge in [0, 0.05) is 30.1 Å². The van der Waals surface area contributed by atoms with Crippen molar-refractivity contribution in [1.29, 1.82) is 0 Å². The molecule has 0 unspecified atom stereocenters. The Balaban J connectivity index is 1.55. The molecule has 1 heterocycles. The van der Waals surface area contributed by atoms with Crippen LogP contribution in [0, 0.1) is 15.9 Å². The van der Waals surface area contributed by atoms with Crippen molar-refractivity contribution in [2.45, 2.75) is 25.0 Å². The van der Waals surface area contributed by atoms with E-state index in [1.165, 1.54) is 48.5 Å². The number of nitrogens with one attached hydrogen (secondary N) is 2. The lowest BCUT2D eigenvalue weighted by Crippen LogP contribution is -2.18. The van der Waals surface area contributed by atoms with E-state index in [-0.39, 0.29) is 29.7 Å². The Morgan fingerprint density at radius 2 is 1.62 bits per heavy atom. The second kappa shape index (κ2) is 10.5. The van der Waals surface area contributed by atoms with Gasteiger partial charge in [-0.3, -0.25) is 19.7 Å². The Morgan fingerprint density at radius 3 is 2.22 bits per heavy atom. The lowest BCUT2D eigenvalue weighted by Gasteiger charge is -2.08. The number of halogens is 1. The minimum Gasteiger partial charge on any atom is -0.326 e. The number of benzene rings is 2. The van der Waals surface area contributed by atoms with E-state index in [1.807, 2.05) is 6.92 Å². The topological polar surface area (TPSA) is 132 Å². The number of carbonyl (C=O) groups is 2. The number of rotatable bonds is 9. The summed E-state index contributed by atoms with van der Waals surface area (Å²) in [5, 5.41) is 24.6. The summed E-state index contributed by atoms with van der Waals surface area (Å²) in [6, 6.07) is 10.9. The molecule has 10 nitrogen and oxygen atoms in total. The number of hydrogen-bond acceptors (Lipinski definition) is 7. The largest absolute Gasteiger partial charge is 0.326 e. The first-order valence-electron chi connectivity index (χ1n) is 9.50. The van der Waals surface area contributed by atoms with Gasteiger partial charge in [-0.15, -0.1) is 10.2 Å². The maximum atomic E-state index is 13.0. The molecule has 0 aliphatic heterocycles. The molecule has 0 aliphatic rings. The predicted molar refractivity (Wildman–Crippen MR) is 117 cm³/mol. The first kappa shape index (κ1) is 22.9. The quantitative estimate of drug-likeness (QED) is 0.286. The van der Waals surface area contributed by atoms with Crippen LogP contribution in [0.5, 0.6) is 0 Å². The molecule has 3 rings (SSSR count). The Labute approximate surface area is 186 Å². The lowest BCUT2D eigenvalue weighted by molar-refractivity contribution is -0.384. The second-order valence-corrected chi connectivity index (χ2v) is 7.46. The van der Waals surface area contributed by atoms with Gasteiger partial charge in [-0.25, -0.2) is 4.39 Å². The normalized spacial score (nSPS) is 10.6. The molecular weight excluding hydrogens is 439 g/mol. The molecule has 12 heteroatoms. The number of anilines is 2. The van der Waals surface area contributed by atoms with E-state index < -0.39 is 10.7 Å².